The fourth-order valence-corrected chi connectivity index (χ4v) is 1.47. The smallest absolute Gasteiger partial charge is 0.149 e. The number of pyridine rings is 1. The molecular formula is C12H12FNO. The molecular weight excluding hydrogens is 193 g/mol. The van der Waals surface area contributed by atoms with E-state index in [1.165, 1.54) is 6.07 Å². The van der Waals surface area contributed by atoms with Gasteiger partial charge in [0, 0.05) is 11.6 Å². The van der Waals surface area contributed by atoms with Crippen molar-refractivity contribution in [1.29, 1.82) is 0 Å². The topological polar surface area (TPSA) is 22.1 Å². The molecule has 78 valence electrons. The highest BCUT2D eigenvalue weighted by atomic mass is 19.1. The molecule has 1 heterocycles. The number of hydrogen-bond acceptors (Lipinski definition) is 2. The van der Waals surface area contributed by atoms with Crippen LogP contribution in [0.1, 0.15) is 13.8 Å². The van der Waals surface area contributed by atoms with E-state index in [1.807, 2.05) is 19.9 Å². The Bertz CT molecular complexity index is 482. The second-order valence-electron chi connectivity index (χ2n) is 3.61. The minimum absolute atomic E-state index is 0.0684. The zero-order valence-corrected chi connectivity index (χ0v) is 8.70. The number of para-hydroxylation sites is 1. The summed E-state index contributed by atoms with van der Waals surface area (Å²) in [5.41, 5.74) is 0.357. The van der Waals surface area contributed by atoms with Gasteiger partial charge in [-0.15, -0.1) is 0 Å². The van der Waals surface area contributed by atoms with E-state index in [0.717, 1.165) is 0 Å². The number of hydrogen-bond donors (Lipinski definition) is 0. The van der Waals surface area contributed by atoms with Gasteiger partial charge in [-0.2, -0.15) is 0 Å². The van der Waals surface area contributed by atoms with Gasteiger partial charge >= 0.3 is 0 Å². The van der Waals surface area contributed by atoms with Crippen LogP contribution in [0.25, 0.3) is 10.9 Å². The van der Waals surface area contributed by atoms with Gasteiger partial charge < -0.3 is 4.74 Å². The minimum atomic E-state index is -0.318. The fraction of sp³-hybridized carbons (Fsp3) is 0.250. The zero-order valence-electron chi connectivity index (χ0n) is 8.70. The second-order valence-corrected chi connectivity index (χ2v) is 3.61. The first-order valence-electron chi connectivity index (χ1n) is 4.88. The van der Waals surface area contributed by atoms with Gasteiger partial charge in [0.05, 0.1) is 6.10 Å². The average molecular weight is 205 g/mol. The predicted octanol–water partition coefficient (Wildman–Crippen LogP) is 3.16. The molecule has 0 saturated carbocycles. The first-order chi connectivity index (χ1) is 7.18. The molecule has 0 saturated heterocycles. The van der Waals surface area contributed by atoms with Crippen LogP contribution >= 0.6 is 0 Å². The standard InChI is InChI=1S/C12H12FNO/c1-8(2)15-11-6-7-14-12-9(11)4-3-5-10(12)13/h3-8H,1-2H3. The van der Waals surface area contributed by atoms with Gasteiger partial charge in [-0.3, -0.25) is 4.98 Å². The van der Waals surface area contributed by atoms with Crippen LogP contribution in [0.4, 0.5) is 4.39 Å². The lowest BCUT2D eigenvalue weighted by molar-refractivity contribution is 0.245. The quantitative estimate of drug-likeness (QED) is 0.751. The summed E-state index contributed by atoms with van der Waals surface area (Å²) >= 11 is 0. The van der Waals surface area contributed by atoms with Gasteiger partial charge in [-0.05, 0) is 32.0 Å². The first kappa shape index (κ1) is 9.90. The van der Waals surface area contributed by atoms with Crippen molar-refractivity contribution >= 4 is 10.9 Å². The summed E-state index contributed by atoms with van der Waals surface area (Å²) in [5, 5.41) is 0.714. The molecule has 0 amide bonds. The predicted molar refractivity (Wildman–Crippen MR) is 57.5 cm³/mol. The molecule has 0 fully saturated rings. The van der Waals surface area contributed by atoms with E-state index in [-0.39, 0.29) is 11.9 Å². The number of fused-ring (bicyclic) bond motifs is 1. The molecule has 0 aliphatic heterocycles. The molecule has 2 nitrogen and oxygen atoms in total. The molecule has 2 aromatic rings. The van der Waals surface area contributed by atoms with Crippen LogP contribution in [0.2, 0.25) is 0 Å². The third-order valence-electron chi connectivity index (χ3n) is 2.04. The lowest BCUT2D eigenvalue weighted by Crippen LogP contribution is -2.06. The first-order valence-corrected chi connectivity index (χ1v) is 4.88. The number of benzene rings is 1. The maximum atomic E-state index is 13.4. The number of aromatic nitrogens is 1. The summed E-state index contributed by atoms with van der Waals surface area (Å²) in [6.07, 6.45) is 1.63. The molecule has 2 rings (SSSR count). The van der Waals surface area contributed by atoms with Crippen molar-refractivity contribution in [2.45, 2.75) is 20.0 Å². The Morgan fingerprint density at radius 1 is 1.27 bits per heavy atom. The maximum Gasteiger partial charge on any atom is 0.149 e. The van der Waals surface area contributed by atoms with Crippen molar-refractivity contribution in [2.24, 2.45) is 0 Å². The van der Waals surface area contributed by atoms with Crippen LogP contribution in [0.15, 0.2) is 30.5 Å². The molecule has 15 heavy (non-hydrogen) atoms. The van der Waals surface area contributed by atoms with Crippen molar-refractivity contribution in [2.75, 3.05) is 0 Å². The molecule has 0 unspecified atom stereocenters. The van der Waals surface area contributed by atoms with Crippen molar-refractivity contribution in [3.05, 3.63) is 36.3 Å². The summed E-state index contributed by atoms with van der Waals surface area (Å²) < 4.78 is 19.0. The van der Waals surface area contributed by atoms with Crippen LogP contribution < -0.4 is 4.74 Å². The molecule has 0 radical (unpaired) electrons. The number of ether oxygens (including phenoxy) is 1. The molecule has 0 bridgehead atoms. The van der Waals surface area contributed by atoms with Crippen molar-refractivity contribution in [3.8, 4) is 5.75 Å². The van der Waals surface area contributed by atoms with E-state index in [1.54, 1.807) is 18.3 Å². The summed E-state index contributed by atoms with van der Waals surface area (Å²) in [6, 6.07) is 6.62. The number of nitrogens with zero attached hydrogens (tertiary/aromatic N) is 1. The Hall–Kier alpha value is -1.64. The third-order valence-corrected chi connectivity index (χ3v) is 2.04. The Labute approximate surface area is 87.7 Å². The average Bonchev–Trinajstić information content (AvgIpc) is 2.19. The van der Waals surface area contributed by atoms with E-state index < -0.39 is 0 Å². The van der Waals surface area contributed by atoms with Crippen molar-refractivity contribution in [3.63, 3.8) is 0 Å². The zero-order chi connectivity index (χ0) is 10.8. The highest BCUT2D eigenvalue weighted by molar-refractivity contribution is 5.85. The molecule has 0 aliphatic carbocycles. The summed E-state index contributed by atoms with van der Waals surface area (Å²) in [7, 11) is 0. The van der Waals surface area contributed by atoms with Crippen LogP contribution in [0.5, 0.6) is 5.75 Å². The van der Waals surface area contributed by atoms with Gasteiger partial charge in [-0.1, -0.05) is 6.07 Å². The van der Waals surface area contributed by atoms with E-state index in [0.29, 0.717) is 16.7 Å². The normalized spacial score (nSPS) is 10.9. The molecule has 0 atom stereocenters. The van der Waals surface area contributed by atoms with E-state index in [2.05, 4.69) is 4.98 Å². The molecule has 3 heteroatoms. The molecule has 1 aromatic carbocycles. The highest BCUT2D eigenvalue weighted by Crippen LogP contribution is 2.25. The van der Waals surface area contributed by atoms with Crippen molar-refractivity contribution < 1.29 is 9.13 Å². The lowest BCUT2D eigenvalue weighted by atomic mass is 10.2. The van der Waals surface area contributed by atoms with Gasteiger partial charge in [0.2, 0.25) is 0 Å². The van der Waals surface area contributed by atoms with Crippen molar-refractivity contribution in [1.82, 2.24) is 4.98 Å². The Morgan fingerprint density at radius 2 is 2.07 bits per heavy atom. The van der Waals surface area contributed by atoms with Gasteiger partial charge in [0.1, 0.15) is 17.1 Å². The van der Waals surface area contributed by atoms with E-state index >= 15 is 0 Å². The minimum Gasteiger partial charge on any atom is -0.490 e. The maximum absolute atomic E-state index is 13.4. The number of halogens is 1. The van der Waals surface area contributed by atoms with Gasteiger partial charge in [-0.25, -0.2) is 4.39 Å². The van der Waals surface area contributed by atoms with E-state index in [4.69, 9.17) is 4.74 Å². The molecule has 0 aliphatic rings. The van der Waals surface area contributed by atoms with Gasteiger partial charge in [0.15, 0.2) is 0 Å². The largest absolute Gasteiger partial charge is 0.490 e. The van der Waals surface area contributed by atoms with E-state index in [9.17, 15) is 4.39 Å². The second kappa shape index (κ2) is 3.85. The SMILES string of the molecule is CC(C)Oc1ccnc2c(F)cccc12. The molecule has 1 aromatic heterocycles. The van der Waals surface area contributed by atoms with Crippen LogP contribution in [-0.2, 0) is 0 Å². The Balaban J connectivity index is 2.61. The van der Waals surface area contributed by atoms with Crippen LogP contribution in [0.3, 0.4) is 0 Å². The lowest BCUT2D eigenvalue weighted by Gasteiger charge is -2.11. The number of rotatable bonds is 2. The monoisotopic (exact) mass is 205 g/mol. The summed E-state index contributed by atoms with van der Waals surface area (Å²) in [5.74, 6) is 0.358. The fourth-order valence-electron chi connectivity index (χ4n) is 1.47. The van der Waals surface area contributed by atoms with Crippen LogP contribution in [0, 0.1) is 5.82 Å². The Morgan fingerprint density at radius 3 is 2.80 bits per heavy atom. The highest BCUT2D eigenvalue weighted by Gasteiger charge is 2.07. The Kier molecular flexibility index (Phi) is 2.54. The van der Waals surface area contributed by atoms with Crippen LogP contribution in [-0.4, -0.2) is 11.1 Å². The molecule has 0 N–H and O–H groups in total. The van der Waals surface area contributed by atoms with Gasteiger partial charge in [0.25, 0.3) is 0 Å². The molecule has 0 spiro atoms. The third kappa shape index (κ3) is 1.91. The summed E-state index contributed by atoms with van der Waals surface area (Å²) in [4.78, 5) is 3.99. The summed E-state index contributed by atoms with van der Waals surface area (Å²) in [6.45, 7) is 3.87.